The minimum Gasteiger partial charge on any atom is -0.292 e. The molecule has 0 spiro atoms. The van der Waals surface area contributed by atoms with E-state index in [-0.39, 0.29) is 22.8 Å². The van der Waals surface area contributed by atoms with Gasteiger partial charge < -0.3 is 0 Å². The Bertz CT molecular complexity index is 1100. The molecule has 7 nitrogen and oxygen atoms in total. The number of hydrogen-bond acceptors (Lipinski definition) is 4. The smallest absolute Gasteiger partial charge is 0.277 e. The number of nitriles is 1. The SMILES string of the molecule is N#Cc1c(-c2ccccc2)nc(-n2[nH]c3c(c2=O)CCCC3)[nH]c1=O. The van der Waals surface area contributed by atoms with Crippen LogP contribution in [0.3, 0.4) is 0 Å². The summed E-state index contributed by atoms with van der Waals surface area (Å²) in [5, 5.41) is 12.4. The highest BCUT2D eigenvalue weighted by molar-refractivity contribution is 5.66. The van der Waals surface area contributed by atoms with Gasteiger partial charge in [0.2, 0.25) is 5.95 Å². The normalized spacial score (nSPS) is 13.2. The van der Waals surface area contributed by atoms with E-state index in [4.69, 9.17) is 0 Å². The lowest BCUT2D eigenvalue weighted by Crippen LogP contribution is -2.24. The van der Waals surface area contributed by atoms with Crippen LogP contribution in [0.25, 0.3) is 17.2 Å². The molecule has 4 rings (SSSR count). The number of aromatic amines is 2. The Kier molecular flexibility index (Phi) is 3.58. The second-order valence-corrected chi connectivity index (χ2v) is 6.01. The molecule has 1 aromatic carbocycles. The van der Waals surface area contributed by atoms with E-state index in [0.29, 0.717) is 5.56 Å². The largest absolute Gasteiger partial charge is 0.292 e. The van der Waals surface area contributed by atoms with Gasteiger partial charge in [0.05, 0.1) is 5.69 Å². The molecule has 1 aliphatic rings. The fraction of sp³-hybridized carbons (Fsp3) is 0.222. The third kappa shape index (κ3) is 2.48. The molecule has 124 valence electrons. The number of nitrogens with zero attached hydrogens (tertiary/aromatic N) is 3. The van der Waals surface area contributed by atoms with Crippen LogP contribution in [0.2, 0.25) is 0 Å². The van der Waals surface area contributed by atoms with Crippen LogP contribution < -0.4 is 11.1 Å². The molecule has 25 heavy (non-hydrogen) atoms. The van der Waals surface area contributed by atoms with E-state index < -0.39 is 5.56 Å². The van der Waals surface area contributed by atoms with Crippen LogP contribution in [0.5, 0.6) is 0 Å². The number of aryl methyl sites for hydroxylation is 1. The molecule has 0 saturated carbocycles. The maximum Gasteiger partial charge on any atom is 0.277 e. The minimum absolute atomic E-state index is 0.0701. The molecule has 2 heterocycles. The first-order valence-corrected chi connectivity index (χ1v) is 8.12. The van der Waals surface area contributed by atoms with Crippen LogP contribution in [0, 0.1) is 11.3 Å². The standard InChI is InChI=1S/C18H15N5O2/c19-10-13-15(11-6-2-1-3-7-11)20-18(21-16(13)24)23-17(25)12-8-4-5-9-14(12)22-23/h1-3,6-7,22H,4-5,8-9H2,(H,20,21,24). The van der Waals surface area contributed by atoms with E-state index in [1.165, 1.54) is 4.68 Å². The van der Waals surface area contributed by atoms with Gasteiger partial charge in [-0.05, 0) is 25.7 Å². The van der Waals surface area contributed by atoms with Crippen molar-refractivity contribution in [3.63, 3.8) is 0 Å². The number of aromatic nitrogens is 4. The lowest BCUT2D eigenvalue weighted by molar-refractivity contribution is 0.669. The fourth-order valence-electron chi connectivity index (χ4n) is 3.21. The molecule has 0 amide bonds. The summed E-state index contributed by atoms with van der Waals surface area (Å²) in [6.45, 7) is 0. The Morgan fingerprint density at radius 2 is 1.88 bits per heavy atom. The molecule has 2 aromatic heterocycles. The second-order valence-electron chi connectivity index (χ2n) is 6.01. The van der Waals surface area contributed by atoms with Crippen LogP contribution >= 0.6 is 0 Å². The van der Waals surface area contributed by atoms with Crippen LogP contribution in [0.15, 0.2) is 39.9 Å². The summed E-state index contributed by atoms with van der Waals surface area (Å²) >= 11 is 0. The van der Waals surface area contributed by atoms with Crippen LogP contribution in [0.4, 0.5) is 0 Å². The van der Waals surface area contributed by atoms with Crippen molar-refractivity contribution in [2.45, 2.75) is 25.7 Å². The summed E-state index contributed by atoms with van der Waals surface area (Å²) in [4.78, 5) is 31.9. The summed E-state index contributed by atoms with van der Waals surface area (Å²) in [6.07, 6.45) is 3.54. The molecule has 2 N–H and O–H groups in total. The zero-order chi connectivity index (χ0) is 17.4. The van der Waals surface area contributed by atoms with Gasteiger partial charge in [0.1, 0.15) is 11.6 Å². The van der Waals surface area contributed by atoms with Crippen molar-refractivity contribution >= 4 is 0 Å². The average molecular weight is 333 g/mol. The molecule has 1 aliphatic carbocycles. The first kappa shape index (κ1) is 15.1. The van der Waals surface area contributed by atoms with Crippen molar-refractivity contribution in [1.29, 1.82) is 5.26 Å². The van der Waals surface area contributed by atoms with Crippen LogP contribution in [-0.2, 0) is 12.8 Å². The van der Waals surface area contributed by atoms with E-state index in [1.807, 2.05) is 12.1 Å². The number of H-pyrrole nitrogens is 2. The Morgan fingerprint density at radius 1 is 1.12 bits per heavy atom. The lowest BCUT2D eigenvalue weighted by atomic mass is 9.98. The maximum absolute atomic E-state index is 12.6. The van der Waals surface area contributed by atoms with E-state index in [9.17, 15) is 14.9 Å². The van der Waals surface area contributed by atoms with Crippen molar-refractivity contribution in [3.05, 3.63) is 67.9 Å². The highest BCUT2D eigenvalue weighted by Gasteiger charge is 2.21. The zero-order valence-electron chi connectivity index (χ0n) is 13.4. The summed E-state index contributed by atoms with van der Waals surface area (Å²) in [7, 11) is 0. The Balaban J connectivity index is 1.95. The van der Waals surface area contributed by atoms with Gasteiger partial charge in [-0.3, -0.25) is 19.7 Å². The summed E-state index contributed by atoms with van der Waals surface area (Å²) in [5.41, 5.74) is 1.73. The number of benzene rings is 1. The topological polar surface area (TPSA) is 107 Å². The Morgan fingerprint density at radius 3 is 2.60 bits per heavy atom. The molecule has 3 aromatic rings. The number of rotatable bonds is 2. The van der Waals surface area contributed by atoms with Crippen molar-refractivity contribution in [2.24, 2.45) is 0 Å². The van der Waals surface area contributed by atoms with Gasteiger partial charge in [0.15, 0.2) is 0 Å². The first-order valence-electron chi connectivity index (χ1n) is 8.12. The molecular weight excluding hydrogens is 318 g/mol. The number of nitrogens with one attached hydrogen (secondary N) is 2. The number of hydrogen-bond donors (Lipinski definition) is 2. The third-order valence-electron chi connectivity index (χ3n) is 4.45. The fourth-order valence-corrected chi connectivity index (χ4v) is 3.21. The van der Waals surface area contributed by atoms with Gasteiger partial charge in [-0.2, -0.15) is 9.94 Å². The van der Waals surface area contributed by atoms with Crippen molar-refractivity contribution in [3.8, 4) is 23.3 Å². The van der Waals surface area contributed by atoms with Gasteiger partial charge in [-0.25, -0.2) is 4.98 Å². The quantitative estimate of drug-likeness (QED) is 0.743. The van der Waals surface area contributed by atoms with Gasteiger partial charge in [-0.1, -0.05) is 30.3 Å². The molecule has 0 bridgehead atoms. The molecule has 0 saturated heterocycles. The van der Waals surface area contributed by atoms with Gasteiger partial charge in [0, 0.05) is 16.8 Å². The Labute approximate surface area is 142 Å². The van der Waals surface area contributed by atoms with Crippen LogP contribution in [-0.4, -0.2) is 19.7 Å². The van der Waals surface area contributed by atoms with Crippen molar-refractivity contribution < 1.29 is 0 Å². The predicted molar refractivity (Wildman–Crippen MR) is 91.6 cm³/mol. The second kappa shape index (κ2) is 5.91. The van der Waals surface area contributed by atoms with E-state index in [1.54, 1.807) is 24.3 Å². The monoisotopic (exact) mass is 333 g/mol. The zero-order valence-corrected chi connectivity index (χ0v) is 13.4. The Hall–Kier alpha value is -3.40. The molecule has 7 heteroatoms. The molecular formula is C18H15N5O2. The highest BCUT2D eigenvalue weighted by atomic mass is 16.1. The first-order chi connectivity index (χ1) is 12.2. The highest BCUT2D eigenvalue weighted by Crippen LogP contribution is 2.20. The third-order valence-corrected chi connectivity index (χ3v) is 4.45. The summed E-state index contributed by atoms with van der Waals surface area (Å²) < 4.78 is 1.27. The molecule has 0 unspecified atom stereocenters. The molecule has 0 aliphatic heterocycles. The summed E-state index contributed by atoms with van der Waals surface area (Å²) in [6, 6.07) is 10.9. The van der Waals surface area contributed by atoms with Crippen LogP contribution in [0.1, 0.15) is 29.7 Å². The van der Waals surface area contributed by atoms with Gasteiger partial charge in [0.25, 0.3) is 11.1 Å². The van der Waals surface area contributed by atoms with E-state index >= 15 is 0 Å². The van der Waals surface area contributed by atoms with Crippen molar-refractivity contribution in [1.82, 2.24) is 19.7 Å². The maximum atomic E-state index is 12.6. The van der Waals surface area contributed by atoms with Crippen molar-refractivity contribution in [2.75, 3.05) is 0 Å². The lowest BCUT2D eigenvalue weighted by Gasteiger charge is -2.07. The summed E-state index contributed by atoms with van der Waals surface area (Å²) in [5.74, 6) is 0.0993. The predicted octanol–water partition coefficient (Wildman–Crippen LogP) is 1.67. The molecule has 0 radical (unpaired) electrons. The minimum atomic E-state index is -0.564. The van der Waals surface area contributed by atoms with E-state index in [2.05, 4.69) is 15.1 Å². The molecule has 0 atom stereocenters. The number of fused-ring (bicyclic) bond motifs is 1. The molecule has 0 fully saturated rings. The average Bonchev–Trinajstić information content (AvgIpc) is 2.99. The van der Waals surface area contributed by atoms with E-state index in [0.717, 1.165) is 36.9 Å². The van der Waals surface area contributed by atoms with Gasteiger partial charge >= 0.3 is 0 Å². The van der Waals surface area contributed by atoms with Gasteiger partial charge in [-0.15, -0.1) is 0 Å².